The molecule has 122 valence electrons. The van der Waals surface area contributed by atoms with Gasteiger partial charge in [-0.1, -0.05) is 36.2 Å². The van der Waals surface area contributed by atoms with E-state index in [0.29, 0.717) is 11.6 Å². The zero-order valence-electron chi connectivity index (χ0n) is 13.3. The zero-order valence-corrected chi connectivity index (χ0v) is 14.0. The number of nitrogens with one attached hydrogen (secondary N) is 1. The van der Waals surface area contributed by atoms with Gasteiger partial charge in [-0.25, -0.2) is 0 Å². The van der Waals surface area contributed by atoms with Crippen LogP contribution in [0.5, 0.6) is 0 Å². The molecule has 1 aliphatic heterocycles. The van der Waals surface area contributed by atoms with Gasteiger partial charge in [0.2, 0.25) is 5.91 Å². The molecule has 3 atom stereocenters. The molecule has 0 radical (unpaired) electrons. The second kappa shape index (κ2) is 7.95. The van der Waals surface area contributed by atoms with Crippen LogP contribution in [-0.4, -0.2) is 41.1 Å². The number of piperidine rings is 1. The van der Waals surface area contributed by atoms with Gasteiger partial charge in [0.15, 0.2) is 0 Å². The van der Waals surface area contributed by atoms with E-state index in [-0.39, 0.29) is 18.0 Å². The van der Waals surface area contributed by atoms with Gasteiger partial charge in [0.1, 0.15) is 0 Å². The lowest BCUT2D eigenvalue weighted by Crippen LogP contribution is -2.50. The molecule has 3 unspecified atom stereocenters. The van der Waals surface area contributed by atoms with Crippen molar-refractivity contribution in [1.29, 1.82) is 0 Å². The molecule has 1 amide bonds. The van der Waals surface area contributed by atoms with Crippen LogP contribution in [0.1, 0.15) is 44.7 Å². The quantitative estimate of drug-likeness (QED) is 0.875. The first-order valence-electron chi connectivity index (χ1n) is 7.95. The number of amides is 1. The predicted octanol–water partition coefficient (Wildman–Crippen LogP) is 2.75. The summed E-state index contributed by atoms with van der Waals surface area (Å²) in [5.41, 5.74) is 0.920. The van der Waals surface area contributed by atoms with Gasteiger partial charge in [0, 0.05) is 11.1 Å². The van der Waals surface area contributed by atoms with E-state index in [0.717, 1.165) is 31.4 Å². The van der Waals surface area contributed by atoms with Crippen LogP contribution in [0, 0.1) is 0 Å². The Morgan fingerprint density at radius 3 is 2.82 bits per heavy atom. The number of rotatable bonds is 5. The second-order valence-electron chi connectivity index (χ2n) is 6.08. The highest BCUT2D eigenvalue weighted by Gasteiger charge is 2.28. The molecule has 1 saturated heterocycles. The lowest BCUT2D eigenvalue weighted by Gasteiger charge is -2.37. The summed E-state index contributed by atoms with van der Waals surface area (Å²) in [5.74, 6) is -0.0278. The third-order valence-corrected chi connectivity index (χ3v) is 4.66. The Morgan fingerprint density at radius 2 is 2.14 bits per heavy atom. The molecule has 1 aliphatic rings. The van der Waals surface area contributed by atoms with Gasteiger partial charge in [-0.05, 0) is 44.9 Å². The minimum atomic E-state index is -0.408. The molecule has 22 heavy (non-hydrogen) atoms. The van der Waals surface area contributed by atoms with Gasteiger partial charge in [-0.2, -0.15) is 0 Å². The van der Waals surface area contributed by atoms with Crippen molar-refractivity contribution in [1.82, 2.24) is 10.2 Å². The largest absolute Gasteiger partial charge is 0.392 e. The molecule has 5 heteroatoms. The van der Waals surface area contributed by atoms with Gasteiger partial charge >= 0.3 is 0 Å². The average molecular weight is 325 g/mol. The highest BCUT2D eigenvalue weighted by atomic mass is 35.5. The number of aliphatic hydroxyl groups is 1. The van der Waals surface area contributed by atoms with Crippen LogP contribution >= 0.6 is 11.6 Å². The van der Waals surface area contributed by atoms with Gasteiger partial charge in [0.25, 0.3) is 0 Å². The minimum Gasteiger partial charge on any atom is -0.392 e. The van der Waals surface area contributed by atoms with Gasteiger partial charge < -0.3 is 10.4 Å². The molecule has 2 N–H and O–H groups in total. The molecular weight excluding hydrogens is 300 g/mol. The first kappa shape index (κ1) is 17.3. The van der Waals surface area contributed by atoms with Crippen molar-refractivity contribution in [3.63, 3.8) is 0 Å². The van der Waals surface area contributed by atoms with Crippen LogP contribution in [0.4, 0.5) is 0 Å². The first-order valence-corrected chi connectivity index (χ1v) is 8.32. The molecular formula is C17H25ClN2O2. The van der Waals surface area contributed by atoms with Crippen LogP contribution in [0.25, 0.3) is 0 Å². The maximum Gasteiger partial charge on any atom is 0.234 e. The van der Waals surface area contributed by atoms with Crippen molar-refractivity contribution in [2.24, 2.45) is 0 Å². The Labute approximate surface area is 137 Å². The van der Waals surface area contributed by atoms with Crippen molar-refractivity contribution in [3.8, 4) is 0 Å². The van der Waals surface area contributed by atoms with Crippen molar-refractivity contribution < 1.29 is 9.90 Å². The molecule has 1 heterocycles. The molecule has 1 aromatic rings. The molecule has 0 spiro atoms. The number of hydrogen-bond donors (Lipinski definition) is 2. The van der Waals surface area contributed by atoms with E-state index in [2.05, 4.69) is 10.2 Å². The highest BCUT2D eigenvalue weighted by molar-refractivity contribution is 6.31. The van der Waals surface area contributed by atoms with E-state index in [1.54, 1.807) is 6.92 Å². The number of carbonyl (C=O) groups is 1. The monoisotopic (exact) mass is 324 g/mol. The van der Waals surface area contributed by atoms with E-state index in [1.165, 1.54) is 0 Å². The van der Waals surface area contributed by atoms with Crippen LogP contribution in [-0.2, 0) is 4.79 Å². The van der Waals surface area contributed by atoms with E-state index in [1.807, 2.05) is 31.2 Å². The molecule has 1 aromatic carbocycles. The smallest absolute Gasteiger partial charge is 0.234 e. The summed E-state index contributed by atoms with van der Waals surface area (Å²) in [6.45, 7) is 4.92. The van der Waals surface area contributed by atoms with Gasteiger partial charge in [-0.3, -0.25) is 9.69 Å². The summed E-state index contributed by atoms with van der Waals surface area (Å²) < 4.78 is 0. The number of carbonyl (C=O) groups excluding carboxylic acids is 1. The lowest BCUT2D eigenvalue weighted by molar-refractivity contribution is -0.124. The molecule has 0 bridgehead atoms. The number of nitrogens with zero attached hydrogens (tertiary/aromatic N) is 1. The predicted molar refractivity (Wildman–Crippen MR) is 88.9 cm³/mol. The molecule has 1 fully saturated rings. The minimum absolute atomic E-state index is 0.0278. The summed E-state index contributed by atoms with van der Waals surface area (Å²) in [6, 6.07) is 7.49. The normalized spacial score (nSPS) is 22.1. The maximum atomic E-state index is 12.3. The summed E-state index contributed by atoms with van der Waals surface area (Å²) in [5, 5.41) is 13.5. The summed E-state index contributed by atoms with van der Waals surface area (Å²) >= 11 is 6.16. The van der Waals surface area contributed by atoms with Crippen LogP contribution in [0.2, 0.25) is 5.02 Å². The number of benzene rings is 1. The van der Waals surface area contributed by atoms with Gasteiger partial charge in [0.05, 0.1) is 18.7 Å². The third-order valence-electron chi connectivity index (χ3n) is 4.32. The Bertz CT molecular complexity index is 507. The van der Waals surface area contributed by atoms with Crippen molar-refractivity contribution in [3.05, 3.63) is 34.9 Å². The number of halogens is 1. The second-order valence-corrected chi connectivity index (χ2v) is 6.49. The van der Waals surface area contributed by atoms with Crippen molar-refractivity contribution in [2.45, 2.75) is 51.3 Å². The van der Waals surface area contributed by atoms with Crippen LogP contribution < -0.4 is 5.32 Å². The third kappa shape index (κ3) is 4.45. The average Bonchev–Trinajstić information content (AvgIpc) is 2.47. The lowest BCUT2D eigenvalue weighted by atomic mass is 9.98. The fourth-order valence-corrected chi connectivity index (χ4v) is 3.43. The highest BCUT2D eigenvalue weighted by Crippen LogP contribution is 2.23. The van der Waals surface area contributed by atoms with E-state index >= 15 is 0 Å². The summed E-state index contributed by atoms with van der Waals surface area (Å²) in [6.07, 6.45) is 2.74. The molecule has 0 saturated carbocycles. The Kier molecular flexibility index (Phi) is 6.24. The van der Waals surface area contributed by atoms with Crippen molar-refractivity contribution in [2.75, 3.05) is 13.1 Å². The maximum absolute atomic E-state index is 12.3. The Hall–Kier alpha value is -1.10. The van der Waals surface area contributed by atoms with Crippen LogP contribution in [0.3, 0.4) is 0 Å². The SMILES string of the molecule is CC(NC(=O)CN1CCCCC1C(C)O)c1ccccc1Cl. The zero-order chi connectivity index (χ0) is 16.1. The summed E-state index contributed by atoms with van der Waals surface area (Å²) in [4.78, 5) is 14.4. The van der Waals surface area contributed by atoms with Gasteiger partial charge in [-0.15, -0.1) is 0 Å². The Morgan fingerprint density at radius 1 is 1.41 bits per heavy atom. The molecule has 2 rings (SSSR count). The number of aliphatic hydroxyl groups excluding tert-OH is 1. The summed E-state index contributed by atoms with van der Waals surface area (Å²) in [7, 11) is 0. The molecule has 0 aromatic heterocycles. The van der Waals surface area contributed by atoms with Crippen molar-refractivity contribution >= 4 is 17.5 Å². The first-order chi connectivity index (χ1) is 10.5. The van der Waals surface area contributed by atoms with E-state index in [4.69, 9.17) is 11.6 Å². The van der Waals surface area contributed by atoms with E-state index in [9.17, 15) is 9.90 Å². The fourth-order valence-electron chi connectivity index (χ4n) is 3.13. The topological polar surface area (TPSA) is 52.6 Å². The molecule has 0 aliphatic carbocycles. The number of hydrogen-bond acceptors (Lipinski definition) is 3. The van der Waals surface area contributed by atoms with E-state index < -0.39 is 6.10 Å². The Balaban J connectivity index is 1.93. The standard InChI is InChI=1S/C17H25ClN2O2/c1-12(14-7-3-4-8-15(14)18)19-17(22)11-20-10-6-5-9-16(20)13(2)21/h3-4,7-8,12-13,16,21H,5-6,9-11H2,1-2H3,(H,19,22). The fraction of sp³-hybridized carbons (Fsp3) is 0.588. The van der Waals surface area contributed by atoms with Crippen LogP contribution in [0.15, 0.2) is 24.3 Å². The molecule has 4 nitrogen and oxygen atoms in total. The number of likely N-dealkylation sites (tertiary alicyclic amines) is 1.